The molecule has 1 aromatic rings. The van der Waals surface area contributed by atoms with Gasteiger partial charge in [0, 0.05) is 6.42 Å². The number of carbonyl (C=O) groups is 2. The van der Waals surface area contributed by atoms with Crippen molar-refractivity contribution in [3.8, 4) is 0 Å². The summed E-state index contributed by atoms with van der Waals surface area (Å²) in [7, 11) is 0. The van der Waals surface area contributed by atoms with E-state index in [-0.39, 0.29) is 32.7 Å². The maximum absolute atomic E-state index is 11.8. The first kappa shape index (κ1) is 17.1. The van der Waals surface area contributed by atoms with E-state index >= 15 is 0 Å². The molecule has 0 aliphatic rings. The Bertz CT molecular complexity index is 399. The molecule has 0 spiro atoms. The van der Waals surface area contributed by atoms with Crippen LogP contribution in [0.15, 0.2) is 22.8 Å². The average Bonchev–Trinajstić information content (AvgIpc) is 2.98. The van der Waals surface area contributed by atoms with E-state index in [1.807, 2.05) is 0 Å². The van der Waals surface area contributed by atoms with Gasteiger partial charge in [-0.1, -0.05) is 0 Å². The second-order valence-corrected chi connectivity index (χ2v) is 3.91. The molecule has 0 unspecified atom stereocenters. The minimum Gasteiger partial charge on any atom is -0.469 e. The van der Waals surface area contributed by atoms with Crippen LogP contribution < -0.4 is 11.0 Å². The van der Waals surface area contributed by atoms with Crippen molar-refractivity contribution >= 4 is 11.9 Å². The van der Waals surface area contributed by atoms with E-state index < -0.39 is 17.9 Å². The summed E-state index contributed by atoms with van der Waals surface area (Å²) in [5.74, 6) is -2.56. The normalized spacial score (nSPS) is 10.6. The summed E-state index contributed by atoms with van der Waals surface area (Å²) < 4.78 is 5.08. The molecule has 9 nitrogen and oxygen atoms in total. The molecular formula is C12H18N2O7. The molecular weight excluding hydrogens is 284 g/mol. The quantitative estimate of drug-likeness (QED) is 0.232. The van der Waals surface area contributed by atoms with Crippen LogP contribution in [0.3, 0.4) is 0 Å². The number of carbonyl (C=O) groups excluding carboxylic acids is 2. The number of aliphatic hydroxyl groups excluding tert-OH is 2. The number of hydroxylamine groups is 2. The highest BCUT2D eigenvalue weighted by atomic mass is 16.7. The molecule has 0 aromatic carbocycles. The molecule has 0 amide bonds. The van der Waals surface area contributed by atoms with Crippen molar-refractivity contribution in [3.05, 3.63) is 24.2 Å². The van der Waals surface area contributed by atoms with Gasteiger partial charge in [0.1, 0.15) is 5.76 Å². The lowest BCUT2D eigenvalue weighted by Crippen LogP contribution is -2.37. The van der Waals surface area contributed by atoms with Crippen molar-refractivity contribution < 1.29 is 33.9 Å². The van der Waals surface area contributed by atoms with E-state index in [0.29, 0.717) is 5.76 Å². The van der Waals surface area contributed by atoms with Gasteiger partial charge in [-0.3, -0.25) is 0 Å². The molecule has 0 aliphatic carbocycles. The van der Waals surface area contributed by atoms with Crippen molar-refractivity contribution in [1.29, 1.82) is 0 Å². The van der Waals surface area contributed by atoms with Crippen LogP contribution in [0.2, 0.25) is 0 Å². The van der Waals surface area contributed by atoms with Gasteiger partial charge in [0.25, 0.3) is 0 Å². The van der Waals surface area contributed by atoms with Gasteiger partial charge in [-0.25, -0.2) is 9.59 Å². The average molecular weight is 302 g/mol. The van der Waals surface area contributed by atoms with Crippen LogP contribution in [-0.4, -0.2) is 48.5 Å². The molecule has 0 atom stereocenters. The predicted molar refractivity (Wildman–Crippen MR) is 68.3 cm³/mol. The number of nitrogens with one attached hydrogen (secondary N) is 2. The first-order valence-corrected chi connectivity index (χ1v) is 6.30. The zero-order chi connectivity index (χ0) is 15.5. The summed E-state index contributed by atoms with van der Waals surface area (Å²) in [4.78, 5) is 33.0. The number of aliphatic hydroxyl groups is 2. The first-order chi connectivity index (χ1) is 10.2. The number of hydrogen-bond acceptors (Lipinski definition) is 9. The van der Waals surface area contributed by atoms with Gasteiger partial charge < -0.3 is 24.3 Å². The van der Waals surface area contributed by atoms with Gasteiger partial charge in [0.2, 0.25) is 0 Å². The Balaban J connectivity index is 2.59. The Hall–Kier alpha value is -1.94. The van der Waals surface area contributed by atoms with Crippen LogP contribution in [-0.2, 0) is 25.7 Å². The van der Waals surface area contributed by atoms with E-state index in [2.05, 4.69) is 20.6 Å². The lowest BCUT2D eigenvalue weighted by molar-refractivity contribution is -0.171. The van der Waals surface area contributed by atoms with Crippen molar-refractivity contribution in [3.63, 3.8) is 0 Å². The summed E-state index contributed by atoms with van der Waals surface area (Å²) in [6.45, 7) is -0.370. The fourth-order valence-electron chi connectivity index (χ4n) is 1.37. The smallest absolute Gasteiger partial charge is 0.339 e. The molecule has 4 N–H and O–H groups in total. The maximum Gasteiger partial charge on any atom is 0.339 e. The molecule has 0 saturated heterocycles. The summed E-state index contributed by atoms with van der Waals surface area (Å²) in [6.07, 6.45) is 1.38. The zero-order valence-corrected chi connectivity index (χ0v) is 11.3. The lowest BCUT2D eigenvalue weighted by atomic mass is 10.0. The fourth-order valence-corrected chi connectivity index (χ4v) is 1.37. The largest absolute Gasteiger partial charge is 0.469 e. The Morgan fingerprint density at radius 2 is 1.71 bits per heavy atom. The molecule has 0 fully saturated rings. The van der Waals surface area contributed by atoms with Gasteiger partial charge in [-0.2, -0.15) is 11.0 Å². The highest BCUT2D eigenvalue weighted by Gasteiger charge is 2.31. The molecule has 1 aromatic heterocycles. The van der Waals surface area contributed by atoms with Gasteiger partial charge >= 0.3 is 11.9 Å². The van der Waals surface area contributed by atoms with Crippen LogP contribution in [0, 0.1) is 5.92 Å². The summed E-state index contributed by atoms with van der Waals surface area (Å²) in [6, 6.07) is 3.23. The third-order valence-electron chi connectivity index (χ3n) is 2.33. The van der Waals surface area contributed by atoms with Crippen LogP contribution in [0.25, 0.3) is 0 Å². The van der Waals surface area contributed by atoms with E-state index in [4.69, 9.17) is 14.6 Å². The standard InChI is InChI=1S/C12H18N2O7/c15-5-3-13-20-11(17)10(8-9-2-1-7-19-9)12(18)21-14-4-6-16/h1-2,7,10,13-16H,3-6,8H2. The fraction of sp³-hybridized carbons (Fsp3) is 0.500. The van der Waals surface area contributed by atoms with Crippen molar-refractivity contribution in [1.82, 2.24) is 11.0 Å². The van der Waals surface area contributed by atoms with Gasteiger partial charge in [-0.05, 0) is 12.1 Å². The molecule has 1 heterocycles. The highest BCUT2D eigenvalue weighted by Crippen LogP contribution is 2.12. The molecule has 0 radical (unpaired) electrons. The molecule has 9 heteroatoms. The monoisotopic (exact) mass is 302 g/mol. The van der Waals surface area contributed by atoms with Crippen molar-refractivity contribution in [2.45, 2.75) is 6.42 Å². The zero-order valence-electron chi connectivity index (χ0n) is 11.3. The predicted octanol–water partition coefficient (Wildman–Crippen LogP) is -1.48. The Morgan fingerprint density at radius 3 is 2.14 bits per heavy atom. The van der Waals surface area contributed by atoms with Gasteiger partial charge in [0.15, 0.2) is 5.92 Å². The third-order valence-corrected chi connectivity index (χ3v) is 2.33. The first-order valence-electron chi connectivity index (χ1n) is 6.30. The third kappa shape index (κ3) is 6.36. The van der Waals surface area contributed by atoms with Crippen LogP contribution >= 0.6 is 0 Å². The maximum atomic E-state index is 11.8. The molecule has 1 rings (SSSR count). The minimum absolute atomic E-state index is 0.0354. The van der Waals surface area contributed by atoms with E-state index in [0.717, 1.165) is 0 Å². The van der Waals surface area contributed by atoms with Crippen LogP contribution in [0.4, 0.5) is 0 Å². The van der Waals surface area contributed by atoms with Crippen LogP contribution in [0.1, 0.15) is 5.76 Å². The van der Waals surface area contributed by atoms with Crippen molar-refractivity contribution in [2.24, 2.45) is 5.92 Å². The second kappa shape index (κ2) is 9.88. The lowest BCUT2D eigenvalue weighted by Gasteiger charge is -2.14. The Kier molecular flexibility index (Phi) is 8.05. The molecule has 0 bridgehead atoms. The Labute approximate surface area is 120 Å². The summed E-state index contributed by atoms with van der Waals surface area (Å²) >= 11 is 0. The summed E-state index contributed by atoms with van der Waals surface area (Å²) in [5, 5.41) is 17.2. The summed E-state index contributed by atoms with van der Waals surface area (Å²) in [5.41, 5.74) is 4.44. The van der Waals surface area contributed by atoms with Crippen LogP contribution in [0.5, 0.6) is 0 Å². The second-order valence-electron chi connectivity index (χ2n) is 3.91. The number of furan rings is 1. The molecule has 118 valence electrons. The SMILES string of the molecule is O=C(ONCCO)C(Cc1ccco1)C(=O)ONCCO. The topological polar surface area (TPSA) is 130 Å². The van der Waals surface area contributed by atoms with Gasteiger partial charge in [0.05, 0.1) is 32.6 Å². The highest BCUT2D eigenvalue weighted by molar-refractivity contribution is 5.94. The molecule has 0 saturated carbocycles. The molecule has 21 heavy (non-hydrogen) atoms. The Morgan fingerprint density at radius 1 is 1.14 bits per heavy atom. The van der Waals surface area contributed by atoms with Gasteiger partial charge in [-0.15, -0.1) is 0 Å². The number of rotatable bonds is 10. The van der Waals surface area contributed by atoms with E-state index in [9.17, 15) is 9.59 Å². The van der Waals surface area contributed by atoms with E-state index in [1.54, 1.807) is 12.1 Å². The molecule has 0 aliphatic heterocycles. The number of hydrogen-bond donors (Lipinski definition) is 4. The van der Waals surface area contributed by atoms with Crippen molar-refractivity contribution in [2.75, 3.05) is 26.3 Å². The van der Waals surface area contributed by atoms with E-state index in [1.165, 1.54) is 6.26 Å². The minimum atomic E-state index is -1.24.